The van der Waals surface area contributed by atoms with Crippen molar-refractivity contribution in [2.45, 2.75) is 0 Å². The molecule has 0 aliphatic carbocycles. The van der Waals surface area contributed by atoms with Crippen molar-refractivity contribution in [3.05, 3.63) is 77.2 Å². The van der Waals surface area contributed by atoms with Crippen molar-refractivity contribution in [3.63, 3.8) is 0 Å². The Balaban J connectivity index is 2.18. The Morgan fingerprint density at radius 3 is 2.05 bits per heavy atom. The first-order valence-electron chi connectivity index (χ1n) is 6.42. The predicted molar refractivity (Wildman–Crippen MR) is 81.7 cm³/mol. The van der Waals surface area contributed by atoms with E-state index in [9.17, 15) is 0 Å². The fourth-order valence-corrected chi connectivity index (χ4v) is 2.00. The van der Waals surface area contributed by atoms with Crippen LogP contribution in [0.5, 0.6) is 0 Å². The molecule has 0 bridgehead atoms. The maximum Gasteiger partial charge on any atom is 0.160 e. The van der Waals surface area contributed by atoms with Gasteiger partial charge in [-0.15, -0.1) is 0 Å². The van der Waals surface area contributed by atoms with Crippen LogP contribution in [0.1, 0.15) is 0 Å². The minimum absolute atomic E-state index is 0.310. The number of nitrogens with zero attached hydrogens (tertiary/aromatic N) is 5. The lowest BCUT2D eigenvalue weighted by molar-refractivity contribution is 1.16. The van der Waals surface area contributed by atoms with Gasteiger partial charge >= 0.3 is 0 Å². The molecule has 0 atom stereocenters. The van der Waals surface area contributed by atoms with Gasteiger partial charge in [0, 0.05) is 16.0 Å². The lowest BCUT2D eigenvalue weighted by Crippen LogP contribution is -1.92. The predicted octanol–water partition coefficient (Wildman–Crippen LogP) is 4.75. The smallest absolute Gasteiger partial charge is 0.160 e. The van der Waals surface area contributed by atoms with Crippen LogP contribution in [-0.2, 0) is 0 Å². The Morgan fingerprint density at radius 2 is 1.43 bits per heavy atom. The molecule has 0 fully saturated rings. The van der Waals surface area contributed by atoms with Crippen LogP contribution in [0.3, 0.4) is 0 Å². The highest BCUT2D eigenvalue weighted by molar-refractivity contribution is 5.66. The Kier molecular flexibility index (Phi) is 3.58. The maximum absolute atomic E-state index is 8.64. The third-order valence-electron chi connectivity index (χ3n) is 2.96. The summed E-state index contributed by atoms with van der Waals surface area (Å²) in [5.41, 5.74) is 11.2. The van der Waals surface area contributed by atoms with Gasteiger partial charge < -0.3 is 0 Å². The fraction of sp³-hybridized carbons (Fsp3) is 0. The summed E-state index contributed by atoms with van der Waals surface area (Å²) in [5, 5.41) is 3.61. The summed E-state index contributed by atoms with van der Waals surface area (Å²) in [5.74, 6) is 0.851. The van der Waals surface area contributed by atoms with Crippen molar-refractivity contribution in [2.75, 3.05) is 0 Å². The molecule has 3 aromatic rings. The average Bonchev–Trinajstić information content (AvgIpc) is 2.56. The lowest BCUT2D eigenvalue weighted by Gasteiger charge is -2.06. The number of benzene rings is 2. The van der Waals surface area contributed by atoms with Gasteiger partial charge in [0.1, 0.15) is 5.82 Å². The second-order valence-corrected chi connectivity index (χ2v) is 4.36. The number of hydrogen-bond acceptors (Lipinski definition) is 3. The van der Waals surface area contributed by atoms with E-state index in [2.05, 4.69) is 20.0 Å². The monoisotopic (exact) mass is 273 g/mol. The summed E-state index contributed by atoms with van der Waals surface area (Å²) in [6.07, 6.45) is 0. The number of aromatic nitrogens is 2. The van der Waals surface area contributed by atoms with Gasteiger partial charge in [0.25, 0.3) is 0 Å². The van der Waals surface area contributed by atoms with E-state index in [0.717, 1.165) is 16.8 Å². The molecule has 3 rings (SSSR count). The molecule has 100 valence electrons. The second-order valence-electron chi connectivity index (χ2n) is 4.36. The van der Waals surface area contributed by atoms with Crippen molar-refractivity contribution in [1.29, 1.82) is 0 Å². The Labute approximate surface area is 121 Å². The van der Waals surface area contributed by atoms with Crippen molar-refractivity contribution in [2.24, 2.45) is 5.11 Å². The van der Waals surface area contributed by atoms with E-state index in [1.54, 1.807) is 6.07 Å². The lowest BCUT2D eigenvalue weighted by atomic mass is 10.1. The van der Waals surface area contributed by atoms with Gasteiger partial charge in [-0.2, -0.15) is 0 Å². The Morgan fingerprint density at radius 1 is 0.810 bits per heavy atom. The van der Waals surface area contributed by atoms with E-state index in [1.165, 1.54) is 0 Å². The van der Waals surface area contributed by atoms with Crippen LogP contribution >= 0.6 is 0 Å². The molecule has 0 aliphatic rings. The normalized spacial score (nSPS) is 9.90. The topological polar surface area (TPSA) is 74.5 Å². The number of hydrogen-bond donors (Lipinski definition) is 0. The van der Waals surface area contributed by atoms with E-state index in [0.29, 0.717) is 11.6 Å². The summed E-state index contributed by atoms with van der Waals surface area (Å²) in [6.45, 7) is 0. The van der Waals surface area contributed by atoms with Crippen LogP contribution in [0.25, 0.3) is 33.1 Å². The van der Waals surface area contributed by atoms with Crippen LogP contribution < -0.4 is 0 Å². The second kappa shape index (κ2) is 5.86. The van der Waals surface area contributed by atoms with E-state index in [-0.39, 0.29) is 0 Å². The van der Waals surface area contributed by atoms with Gasteiger partial charge in [-0.05, 0) is 16.7 Å². The molecule has 1 heterocycles. The van der Waals surface area contributed by atoms with E-state index < -0.39 is 0 Å². The molecule has 0 saturated carbocycles. The highest BCUT2D eigenvalue weighted by atomic mass is 15.2. The maximum atomic E-state index is 8.64. The molecular formula is C16H11N5. The summed E-state index contributed by atoms with van der Waals surface area (Å²) >= 11 is 0. The molecule has 0 unspecified atom stereocenters. The summed E-state index contributed by atoms with van der Waals surface area (Å²) in [7, 11) is 0. The van der Waals surface area contributed by atoms with E-state index in [1.807, 2.05) is 60.7 Å². The molecule has 0 spiro atoms. The SMILES string of the molecule is [N-]=[N+]=Nc1cc(-c2ccccc2)nc(-c2ccccc2)n1. The highest BCUT2D eigenvalue weighted by Gasteiger charge is 2.07. The third-order valence-corrected chi connectivity index (χ3v) is 2.96. The van der Waals surface area contributed by atoms with Crippen molar-refractivity contribution in [3.8, 4) is 22.6 Å². The molecule has 1 aromatic heterocycles. The molecule has 0 N–H and O–H groups in total. The molecular weight excluding hydrogens is 262 g/mol. The van der Waals surface area contributed by atoms with Crippen LogP contribution in [0, 0.1) is 0 Å². The summed E-state index contributed by atoms with van der Waals surface area (Å²) in [4.78, 5) is 11.7. The molecule has 0 radical (unpaired) electrons. The first-order chi connectivity index (χ1) is 10.4. The molecule has 0 aliphatic heterocycles. The standard InChI is InChI=1S/C16H11N5/c17-21-20-15-11-14(12-7-3-1-4-8-12)18-16(19-15)13-9-5-2-6-10-13/h1-11H. The average molecular weight is 273 g/mol. The first kappa shape index (κ1) is 12.8. The highest BCUT2D eigenvalue weighted by Crippen LogP contribution is 2.25. The van der Waals surface area contributed by atoms with E-state index in [4.69, 9.17) is 5.53 Å². The molecule has 2 aromatic carbocycles. The van der Waals surface area contributed by atoms with Gasteiger partial charge in [0.05, 0.1) is 5.69 Å². The molecule has 0 amide bonds. The quantitative estimate of drug-likeness (QED) is 0.392. The van der Waals surface area contributed by atoms with E-state index >= 15 is 0 Å². The first-order valence-corrected chi connectivity index (χ1v) is 6.42. The zero-order valence-electron chi connectivity index (χ0n) is 11.1. The molecule has 21 heavy (non-hydrogen) atoms. The zero-order valence-corrected chi connectivity index (χ0v) is 11.1. The summed E-state index contributed by atoms with van der Waals surface area (Å²) < 4.78 is 0. The van der Waals surface area contributed by atoms with Crippen LogP contribution in [-0.4, -0.2) is 9.97 Å². The fourth-order valence-electron chi connectivity index (χ4n) is 2.00. The molecule has 0 saturated heterocycles. The summed E-state index contributed by atoms with van der Waals surface area (Å²) in [6, 6.07) is 21.0. The largest absolute Gasteiger partial charge is 0.228 e. The van der Waals surface area contributed by atoms with Crippen LogP contribution in [0.4, 0.5) is 5.82 Å². The van der Waals surface area contributed by atoms with Crippen LogP contribution in [0.15, 0.2) is 71.8 Å². The molecule has 5 nitrogen and oxygen atoms in total. The Bertz CT molecular complexity index is 736. The van der Waals surface area contributed by atoms with Gasteiger partial charge in [-0.25, -0.2) is 9.97 Å². The van der Waals surface area contributed by atoms with Gasteiger partial charge in [0.2, 0.25) is 0 Å². The third kappa shape index (κ3) is 2.88. The Hall–Kier alpha value is -3.17. The zero-order chi connectivity index (χ0) is 14.5. The van der Waals surface area contributed by atoms with Crippen molar-refractivity contribution < 1.29 is 0 Å². The van der Waals surface area contributed by atoms with Gasteiger partial charge in [-0.1, -0.05) is 60.7 Å². The number of rotatable bonds is 3. The van der Waals surface area contributed by atoms with Gasteiger partial charge in [-0.3, -0.25) is 0 Å². The van der Waals surface area contributed by atoms with Gasteiger partial charge in [0.15, 0.2) is 5.82 Å². The van der Waals surface area contributed by atoms with Crippen molar-refractivity contribution >= 4 is 5.82 Å². The van der Waals surface area contributed by atoms with Crippen molar-refractivity contribution in [1.82, 2.24) is 9.97 Å². The molecule has 5 heteroatoms. The van der Waals surface area contributed by atoms with Crippen LogP contribution in [0.2, 0.25) is 0 Å². The number of azide groups is 1. The minimum atomic E-state index is 0.310. The minimum Gasteiger partial charge on any atom is -0.228 e.